The van der Waals surface area contributed by atoms with Crippen molar-refractivity contribution in [2.45, 2.75) is 6.36 Å². The maximum Gasteiger partial charge on any atom is 0.573 e. The number of rotatable bonds is 2. The molecule has 1 aliphatic rings. The number of likely N-dealkylation sites (N-methyl/N-ethyl adjacent to an activating group) is 1. The Labute approximate surface area is 126 Å². The summed E-state index contributed by atoms with van der Waals surface area (Å²) < 4.78 is 40.0. The van der Waals surface area contributed by atoms with Crippen LogP contribution in [0.25, 0.3) is 0 Å². The number of anilines is 1. The fourth-order valence-electron chi connectivity index (χ4n) is 1.95. The number of hydrogen-bond donors (Lipinski definition) is 1. The summed E-state index contributed by atoms with van der Waals surface area (Å²) in [5.74, 6) is -0.251. The fraction of sp³-hybridized carbons (Fsp3) is 0.462. The molecule has 2 rings (SSSR count). The van der Waals surface area contributed by atoms with E-state index in [-0.39, 0.29) is 5.75 Å². The van der Waals surface area contributed by atoms with E-state index in [2.05, 4.69) is 15.0 Å². The van der Waals surface area contributed by atoms with Crippen LogP contribution in [0.1, 0.15) is 0 Å². The normalized spacial score (nSPS) is 16.7. The molecule has 0 saturated carbocycles. The van der Waals surface area contributed by atoms with Gasteiger partial charge in [-0.1, -0.05) is 0 Å². The first kappa shape index (κ1) is 15.8. The summed E-state index contributed by atoms with van der Waals surface area (Å²) in [5.41, 5.74) is 0.633. The third-order valence-electron chi connectivity index (χ3n) is 3.13. The summed E-state index contributed by atoms with van der Waals surface area (Å²) in [6.45, 7) is 3.52. The van der Waals surface area contributed by atoms with Gasteiger partial charge in [-0.3, -0.25) is 0 Å². The van der Waals surface area contributed by atoms with Gasteiger partial charge >= 0.3 is 6.36 Å². The number of benzene rings is 1. The molecule has 1 fully saturated rings. The summed E-state index contributed by atoms with van der Waals surface area (Å²) in [4.78, 5) is 4.25. The third kappa shape index (κ3) is 5.05. The van der Waals surface area contributed by atoms with Crippen LogP contribution >= 0.6 is 12.2 Å². The highest BCUT2D eigenvalue weighted by molar-refractivity contribution is 7.80. The quantitative estimate of drug-likeness (QED) is 0.846. The second kappa shape index (κ2) is 6.48. The predicted octanol–water partition coefficient (Wildman–Crippen LogP) is 2.53. The van der Waals surface area contributed by atoms with E-state index in [9.17, 15) is 13.2 Å². The van der Waals surface area contributed by atoms with E-state index in [0.717, 1.165) is 26.2 Å². The third-order valence-corrected chi connectivity index (χ3v) is 3.49. The van der Waals surface area contributed by atoms with Crippen molar-refractivity contribution >= 4 is 23.0 Å². The lowest BCUT2D eigenvalue weighted by Crippen LogP contribution is -2.48. The van der Waals surface area contributed by atoms with Crippen LogP contribution in [0.5, 0.6) is 5.75 Å². The van der Waals surface area contributed by atoms with Crippen molar-refractivity contribution < 1.29 is 17.9 Å². The molecule has 1 N–H and O–H groups in total. The van der Waals surface area contributed by atoms with Crippen molar-refractivity contribution in [3.63, 3.8) is 0 Å². The lowest BCUT2D eigenvalue weighted by atomic mass is 10.3. The molecule has 1 heterocycles. The van der Waals surface area contributed by atoms with Gasteiger partial charge in [-0.05, 0) is 43.5 Å². The Hall–Kier alpha value is -1.54. The van der Waals surface area contributed by atoms with E-state index in [1.54, 1.807) is 0 Å². The first-order valence-electron chi connectivity index (χ1n) is 6.44. The maximum atomic E-state index is 12.1. The van der Waals surface area contributed by atoms with Crippen LogP contribution in [0.15, 0.2) is 24.3 Å². The zero-order valence-corrected chi connectivity index (χ0v) is 12.3. The average molecular weight is 319 g/mol. The van der Waals surface area contributed by atoms with Crippen LogP contribution in [0.2, 0.25) is 0 Å². The maximum absolute atomic E-state index is 12.1. The number of hydrogen-bond acceptors (Lipinski definition) is 3. The van der Waals surface area contributed by atoms with Gasteiger partial charge in [-0.2, -0.15) is 0 Å². The molecule has 0 bridgehead atoms. The number of nitrogens with one attached hydrogen (secondary N) is 1. The molecule has 0 amide bonds. The summed E-state index contributed by atoms with van der Waals surface area (Å²) >= 11 is 5.30. The number of alkyl halides is 3. The number of piperazine rings is 1. The van der Waals surface area contributed by atoms with E-state index in [1.165, 1.54) is 24.3 Å². The Kier molecular flexibility index (Phi) is 4.89. The van der Waals surface area contributed by atoms with Gasteiger partial charge in [0.05, 0.1) is 0 Å². The molecule has 0 unspecified atom stereocenters. The largest absolute Gasteiger partial charge is 0.573 e. The van der Waals surface area contributed by atoms with Gasteiger partial charge in [0.25, 0.3) is 0 Å². The zero-order chi connectivity index (χ0) is 15.5. The molecule has 0 spiro atoms. The van der Waals surface area contributed by atoms with Crippen molar-refractivity contribution in [3.05, 3.63) is 24.3 Å². The Bertz CT molecular complexity index is 484. The summed E-state index contributed by atoms with van der Waals surface area (Å²) in [5, 5.41) is 3.60. The minimum absolute atomic E-state index is 0.251. The minimum atomic E-state index is -4.68. The van der Waals surface area contributed by atoms with Crippen molar-refractivity contribution in [3.8, 4) is 5.75 Å². The van der Waals surface area contributed by atoms with Crippen LogP contribution in [0, 0.1) is 0 Å². The molecular weight excluding hydrogens is 303 g/mol. The highest BCUT2D eigenvalue weighted by Crippen LogP contribution is 2.24. The van der Waals surface area contributed by atoms with Crippen molar-refractivity contribution in [2.75, 3.05) is 38.5 Å². The van der Waals surface area contributed by atoms with Gasteiger partial charge in [-0.15, -0.1) is 13.2 Å². The van der Waals surface area contributed by atoms with Gasteiger partial charge in [0, 0.05) is 31.9 Å². The lowest BCUT2D eigenvalue weighted by molar-refractivity contribution is -0.274. The highest BCUT2D eigenvalue weighted by atomic mass is 32.1. The highest BCUT2D eigenvalue weighted by Gasteiger charge is 2.30. The van der Waals surface area contributed by atoms with Crippen molar-refractivity contribution in [1.29, 1.82) is 0 Å². The molecule has 0 radical (unpaired) electrons. The molecule has 1 aliphatic heterocycles. The molecule has 0 aliphatic carbocycles. The monoisotopic (exact) mass is 319 g/mol. The fourth-order valence-corrected chi connectivity index (χ4v) is 2.25. The second-order valence-corrected chi connectivity index (χ2v) is 5.18. The first-order chi connectivity index (χ1) is 9.83. The van der Waals surface area contributed by atoms with Crippen LogP contribution in [-0.2, 0) is 0 Å². The zero-order valence-electron chi connectivity index (χ0n) is 11.5. The van der Waals surface area contributed by atoms with Crippen molar-refractivity contribution in [2.24, 2.45) is 0 Å². The minimum Gasteiger partial charge on any atom is -0.406 e. The van der Waals surface area contributed by atoms with Gasteiger partial charge in [0.1, 0.15) is 5.75 Å². The SMILES string of the molecule is CN1CCN(C(=S)Nc2ccc(OC(F)(F)F)cc2)CC1. The summed E-state index contributed by atoms with van der Waals surface area (Å²) in [6.07, 6.45) is -4.68. The Morgan fingerprint density at radius 2 is 1.71 bits per heavy atom. The topological polar surface area (TPSA) is 27.7 Å². The number of thiocarbonyl (C=S) groups is 1. The van der Waals surface area contributed by atoms with Gasteiger partial charge in [0.15, 0.2) is 5.11 Å². The lowest BCUT2D eigenvalue weighted by Gasteiger charge is -2.34. The molecule has 0 aromatic heterocycles. The Morgan fingerprint density at radius 3 is 2.24 bits per heavy atom. The number of ether oxygens (including phenoxy) is 1. The van der Waals surface area contributed by atoms with Gasteiger partial charge < -0.3 is 19.9 Å². The summed E-state index contributed by atoms with van der Waals surface area (Å²) in [6, 6.07) is 5.51. The van der Waals surface area contributed by atoms with E-state index >= 15 is 0 Å². The van der Waals surface area contributed by atoms with Crippen LogP contribution < -0.4 is 10.1 Å². The molecule has 116 valence electrons. The van der Waals surface area contributed by atoms with Crippen LogP contribution in [0.4, 0.5) is 18.9 Å². The van der Waals surface area contributed by atoms with Gasteiger partial charge in [-0.25, -0.2) is 0 Å². The first-order valence-corrected chi connectivity index (χ1v) is 6.84. The molecule has 4 nitrogen and oxygen atoms in total. The number of nitrogens with zero attached hydrogens (tertiary/aromatic N) is 2. The summed E-state index contributed by atoms with van der Waals surface area (Å²) in [7, 11) is 2.05. The van der Waals surface area contributed by atoms with E-state index < -0.39 is 6.36 Å². The molecular formula is C13H16F3N3OS. The molecule has 1 aromatic carbocycles. The van der Waals surface area contributed by atoms with Crippen LogP contribution in [0.3, 0.4) is 0 Å². The Balaban J connectivity index is 1.89. The molecule has 21 heavy (non-hydrogen) atoms. The average Bonchev–Trinajstić information content (AvgIpc) is 2.40. The standard InChI is InChI=1S/C13H16F3N3OS/c1-18-6-8-19(9-7-18)12(21)17-10-2-4-11(5-3-10)20-13(14,15)16/h2-5H,6-9H2,1H3,(H,17,21). The smallest absolute Gasteiger partial charge is 0.406 e. The number of halogens is 3. The van der Waals surface area contributed by atoms with Crippen molar-refractivity contribution in [1.82, 2.24) is 9.80 Å². The molecule has 8 heteroatoms. The van der Waals surface area contributed by atoms with E-state index in [4.69, 9.17) is 12.2 Å². The molecule has 1 aromatic rings. The molecule has 0 atom stereocenters. The predicted molar refractivity (Wildman–Crippen MR) is 78.4 cm³/mol. The molecule has 1 saturated heterocycles. The Morgan fingerprint density at radius 1 is 1.14 bits per heavy atom. The van der Waals surface area contributed by atoms with Crippen LogP contribution in [-0.4, -0.2) is 54.5 Å². The van der Waals surface area contributed by atoms with E-state index in [1.807, 2.05) is 11.9 Å². The second-order valence-electron chi connectivity index (χ2n) is 4.79. The van der Waals surface area contributed by atoms with Gasteiger partial charge in [0.2, 0.25) is 0 Å². The van der Waals surface area contributed by atoms with E-state index in [0.29, 0.717) is 10.8 Å².